The SMILES string of the molecule is CCOc1cccc(NC=CC(=O)c2ccc(CC)cc2)c1. The van der Waals surface area contributed by atoms with Crippen LogP contribution in [0.2, 0.25) is 0 Å². The second-order valence-corrected chi connectivity index (χ2v) is 4.85. The Morgan fingerprint density at radius 3 is 2.59 bits per heavy atom. The van der Waals surface area contributed by atoms with E-state index in [-0.39, 0.29) is 5.78 Å². The fourth-order valence-corrected chi connectivity index (χ4v) is 2.06. The van der Waals surface area contributed by atoms with E-state index in [1.54, 1.807) is 6.20 Å². The summed E-state index contributed by atoms with van der Waals surface area (Å²) in [7, 11) is 0. The molecule has 0 aliphatic rings. The topological polar surface area (TPSA) is 38.3 Å². The zero-order valence-electron chi connectivity index (χ0n) is 13.0. The minimum atomic E-state index is -0.0175. The van der Waals surface area contributed by atoms with Gasteiger partial charge < -0.3 is 10.1 Å². The first-order valence-corrected chi connectivity index (χ1v) is 7.52. The normalized spacial score (nSPS) is 10.6. The van der Waals surface area contributed by atoms with E-state index in [9.17, 15) is 4.79 Å². The summed E-state index contributed by atoms with van der Waals surface area (Å²) in [5.74, 6) is 0.790. The van der Waals surface area contributed by atoms with Gasteiger partial charge in [0.15, 0.2) is 5.78 Å². The summed E-state index contributed by atoms with van der Waals surface area (Å²) in [4.78, 5) is 12.1. The third kappa shape index (κ3) is 4.48. The number of ketones is 1. The van der Waals surface area contributed by atoms with Crippen LogP contribution in [-0.2, 0) is 6.42 Å². The second kappa shape index (κ2) is 8.03. The smallest absolute Gasteiger partial charge is 0.187 e. The molecule has 0 saturated carbocycles. The summed E-state index contributed by atoms with van der Waals surface area (Å²) < 4.78 is 5.43. The Kier molecular flexibility index (Phi) is 5.78. The van der Waals surface area contributed by atoms with Crippen molar-refractivity contribution in [1.82, 2.24) is 0 Å². The first kappa shape index (κ1) is 15.8. The molecule has 2 aromatic rings. The molecule has 2 aromatic carbocycles. The summed E-state index contributed by atoms with van der Waals surface area (Å²) in [5, 5.41) is 3.09. The van der Waals surface area contributed by atoms with Crippen LogP contribution in [0, 0.1) is 0 Å². The number of nitrogens with one attached hydrogen (secondary N) is 1. The van der Waals surface area contributed by atoms with Gasteiger partial charge in [-0.1, -0.05) is 37.3 Å². The molecule has 0 aliphatic carbocycles. The fourth-order valence-electron chi connectivity index (χ4n) is 2.06. The standard InChI is InChI=1S/C19H21NO2/c1-3-15-8-10-16(11-9-15)19(21)12-13-20-17-6-5-7-18(14-17)22-4-2/h5-14,20H,3-4H2,1-2H3. The van der Waals surface area contributed by atoms with E-state index in [1.807, 2.05) is 55.5 Å². The lowest BCUT2D eigenvalue weighted by atomic mass is 10.1. The van der Waals surface area contributed by atoms with Crippen molar-refractivity contribution in [2.75, 3.05) is 11.9 Å². The molecule has 0 fully saturated rings. The van der Waals surface area contributed by atoms with E-state index in [4.69, 9.17) is 4.74 Å². The van der Waals surface area contributed by atoms with E-state index < -0.39 is 0 Å². The molecule has 0 atom stereocenters. The Morgan fingerprint density at radius 1 is 1.14 bits per heavy atom. The molecule has 0 amide bonds. The molecule has 1 N–H and O–H groups in total. The lowest BCUT2D eigenvalue weighted by molar-refractivity contribution is 0.104. The average molecular weight is 295 g/mol. The highest BCUT2D eigenvalue weighted by Gasteiger charge is 2.01. The molecule has 0 saturated heterocycles. The van der Waals surface area contributed by atoms with Crippen LogP contribution in [-0.4, -0.2) is 12.4 Å². The minimum absolute atomic E-state index is 0.0175. The van der Waals surface area contributed by atoms with Gasteiger partial charge in [0, 0.05) is 29.6 Å². The Bertz CT molecular complexity index is 645. The van der Waals surface area contributed by atoms with E-state index in [1.165, 1.54) is 11.6 Å². The maximum absolute atomic E-state index is 12.1. The lowest BCUT2D eigenvalue weighted by Gasteiger charge is -2.05. The van der Waals surface area contributed by atoms with Crippen molar-refractivity contribution in [3.63, 3.8) is 0 Å². The number of anilines is 1. The number of aryl methyl sites for hydroxylation is 1. The molecule has 114 valence electrons. The highest BCUT2D eigenvalue weighted by atomic mass is 16.5. The van der Waals surface area contributed by atoms with Crippen LogP contribution >= 0.6 is 0 Å². The van der Waals surface area contributed by atoms with E-state index in [0.29, 0.717) is 12.2 Å². The summed E-state index contributed by atoms with van der Waals surface area (Å²) in [6.45, 7) is 4.67. The number of allylic oxidation sites excluding steroid dienone is 1. The fraction of sp³-hybridized carbons (Fsp3) is 0.211. The van der Waals surface area contributed by atoms with Gasteiger partial charge in [-0.3, -0.25) is 4.79 Å². The zero-order chi connectivity index (χ0) is 15.8. The maximum Gasteiger partial charge on any atom is 0.187 e. The third-order valence-electron chi connectivity index (χ3n) is 3.28. The van der Waals surface area contributed by atoms with Crippen molar-refractivity contribution in [2.45, 2.75) is 20.3 Å². The largest absolute Gasteiger partial charge is 0.494 e. The summed E-state index contributed by atoms with van der Waals surface area (Å²) in [5.41, 5.74) is 2.81. The second-order valence-electron chi connectivity index (χ2n) is 4.85. The van der Waals surface area contributed by atoms with Crippen LogP contribution in [0.5, 0.6) is 5.75 Å². The van der Waals surface area contributed by atoms with Gasteiger partial charge in [0.2, 0.25) is 0 Å². The highest BCUT2D eigenvalue weighted by Crippen LogP contribution is 2.17. The van der Waals surface area contributed by atoms with Gasteiger partial charge in [0.25, 0.3) is 0 Å². The van der Waals surface area contributed by atoms with Gasteiger partial charge in [-0.05, 0) is 31.0 Å². The van der Waals surface area contributed by atoms with Gasteiger partial charge >= 0.3 is 0 Å². The minimum Gasteiger partial charge on any atom is -0.494 e. The molecule has 2 rings (SSSR count). The average Bonchev–Trinajstić information content (AvgIpc) is 2.55. The summed E-state index contributed by atoms with van der Waals surface area (Å²) >= 11 is 0. The Hall–Kier alpha value is -2.55. The van der Waals surface area contributed by atoms with Crippen LogP contribution < -0.4 is 10.1 Å². The molecule has 0 unspecified atom stereocenters. The Labute approximate surface area is 131 Å². The van der Waals surface area contributed by atoms with Gasteiger partial charge in [-0.25, -0.2) is 0 Å². The van der Waals surface area contributed by atoms with Crippen LogP contribution in [0.15, 0.2) is 60.8 Å². The van der Waals surface area contributed by atoms with Crippen molar-refractivity contribution in [3.05, 3.63) is 71.9 Å². The maximum atomic E-state index is 12.1. The van der Waals surface area contributed by atoms with Gasteiger partial charge in [-0.15, -0.1) is 0 Å². The van der Waals surface area contributed by atoms with Crippen LogP contribution in [0.1, 0.15) is 29.8 Å². The molecular formula is C19H21NO2. The van der Waals surface area contributed by atoms with Crippen molar-refractivity contribution in [1.29, 1.82) is 0 Å². The molecule has 22 heavy (non-hydrogen) atoms. The van der Waals surface area contributed by atoms with Gasteiger partial charge in [-0.2, -0.15) is 0 Å². The van der Waals surface area contributed by atoms with Crippen LogP contribution in [0.25, 0.3) is 0 Å². The molecule has 0 heterocycles. The molecule has 0 spiro atoms. The number of hydrogen-bond acceptors (Lipinski definition) is 3. The third-order valence-corrected chi connectivity index (χ3v) is 3.28. The summed E-state index contributed by atoms with van der Waals surface area (Å²) in [6, 6.07) is 15.3. The molecule has 0 aliphatic heterocycles. The van der Waals surface area contributed by atoms with Gasteiger partial charge in [0.1, 0.15) is 5.75 Å². The Balaban J connectivity index is 1.96. The predicted molar refractivity (Wildman–Crippen MR) is 90.5 cm³/mol. The van der Waals surface area contributed by atoms with Crippen LogP contribution in [0.3, 0.4) is 0 Å². The number of ether oxygens (including phenoxy) is 1. The van der Waals surface area contributed by atoms with Crippen molar-refractivity contribution in [2.24, 2.45) is 0 Å². The molecular weight excluding hydrogens is 274 g/mol. The lowest BCUT2D eigenvalue weighted by Crippen LogP contribution is -1.97. The van der Waals surface area contributed by atoms with Crippen LogP contribution in [0.4, 0.5) is 5.69 Å². The molecule has 3 nitrogen and oxygen atoms in total. The van der Waals surface area contributed by atoms with Crippen molar-refractivity contribution in [3.8, 4) is 5.75 Å². The highest BCUT2D eigenvalue weighted by molar-refractivity contribution is 6.04. The first-order valence-electron chi connectivity index (χ1n) is 7.52. The predicted octanol–water partition coefficient (Wildman–Crippen LogP) is 4.46. The number of hydrogen-bond donors (Lipinski definition) is 1. The van der Waals surface area contributed by atoms with E-state index >= 15 is 0 Å². The van der Waals surface area contributed by atoms with Gasteiger partial charge in [0.05, 0.1) is 6.61 Å². The molecule has 3 heteroatoms. The first-order chi connectivity index (χ1) is 10.7. The molecule has 0 aromatic heterocycles. The molecule has 0 radical (unpaired) electrons. The number of benzene rings is 2. The van der Waals surface area contributed by atoms with Crippen molar-refractivity contribution >= 4 is 11.5 Å². The number of carbonyl (C=O) groups excluding carboxylic acids is 1. The number of rotatable bonds is 7. The van der Waals surface area contributed by atoms with E-state index in [2.05, 4.69) is 12.2 Å². The monoisotopic (exact) mass is 295 g/mol. The number of carbonyl (C=O) groups is 1. The quantitative estimate of drug-likeness (QED) is 0.605. The summed E-state index contributed by atoms with van der Waals surface area (Å²) in [6.07, 6.45) is 4.16. The Morgan fingerprint density at radius 2 is 1.91 bits per heavy atom. The van der Waals surface area contributed by atoms with E-state index in [0.717, 1.165) is 17.9 Å². The van der Waals surface area contributed by atoms with Crippen molar-refractivity contribution < 1.29 is 9.53 Å². The zero-order valence-corrected chi connectivity index (χ0v) is 13.0. The molecule has 0 bridgehead atoms.